The zero-order valence-electron chi connectivity index (χ0n) is 16.1. The summed E-state index contributed by atoms with van der Waals surface area (Å²) in [7, 11) is 1.06. The van der Waals surface area contributed by atoms with E-state index in [1.54, 1.807) is 25.7 Å². The maximum absolute atomic E-state index is 13.1. The second-order valence-electron chi connectivity index (χ2n) is 7.16. The van der Waals surface area contributed by atoms with Crippen molar-refractivity contribution in [2.75, 3.05) is 43.5 Å². The molecular weight excluding hydrogens is 381 g/mol. The van der Waals surface area contributed by atoms with Crippen LogP contribution in [-0.4, -0.2) is 61.0 Å². The van der Waals surface area contributed by atoms with Crippen molar-refractivity contribution in [1.29, 1.82) is 0 Å². The zero-order chi connectivity index (χ0) is 21.1. The molecular formula is C17H23F3N4O4. The molecule has 0 unspecified atom stereocenters. The molecule has 2 heterocycles. The molecule has 1 N–H and O–H groups in total. The van der Waals surface area contributed by atoms with Crippen molar-refractivity contribution in [3.63, 3.8) is 0 Å². The number of pyridine rings is 1. The summed E-state index contributed by atoms with van der Waals surface area (Å²) in [6.45, 7) is 6.68. The number of carbonyl (C=O) groups excluding carboxylic acids is 2. The van der Waals surface area contributed by atoms with E-state index in [2.05, 4.69) is 15.0 Å². The van der Waals surface area contributed by atoms with Gasteiger partial charge in [0.05, 0.1) is 18.4 Å². The van der Waals surface area contributed by atoms with E-state index in [0.29, 0.717) is 32.4 Å². The smallest absolute Gasteiger partial charge is 0.419 e. The van der Waals surface area contributed by atoms with Crippen molar-refractivity contribution in [3.8, 4) is 0 Å². The Labute approximate surface area is 160 Å². The van der Waals surface area contributed by atoms with Gasteiger partial charge in [0.1, 0.15) is 11.4 Å². The molecule has 1 fully saturated rings. The summed E-state index contributed by atoms with van der Waals surface area (Å²) in [6.07, 6.45) is -5.48. The molecule has 1 aromatic rings. The van der Waals surface area contributed by atoms with Gasteiger partial charge >= 0.3 is 18.4 Å². The normalized spacial score (nSPS) is 15.2. The summed E-state index contributed by atoms with van der Waals surface area (Å²) in [5, 5.41) is 2.07. The highest BCUT2D eigenvalue weighted by atomic mass is 19.4. The second-order valence-corrected chi connectivity index (χ2v) is 7.16. The molecule has 8 nitrogen and oxygen atoms in total. The van der Waals surface area contributed by atoms with Gasteiger partial charge in [-0.1, -0.05) is 0 Å². The van der Waals surface area contributed by atoms with Gasteiger partial charge < -0.3 is 19.3 Å². The van der Waals surface area contributed by atoms with Crippen molar-refractivity contribution in [2.24, 2.45) is 0 Å². The van der Waals surface area contributed by atoms with Crippen LogP contribution in [0.5, 0.6) is 0 Å². The quantitative estimate of drug-likeness (QED) is 0.814. The van der Waals surface area contributed by atoms with Crippen molar-refractivity contribution in [2.45, 2.75) is 32.5 Å². The summed E-state index contributed by atoms with van der Waals surface area (Å²) >= 11 is 0. The predicted octanol–water partition coefficient (Wildman–Crippen LogP) is 3.34. The number of aromatic nitrogens is 1. The first-order valence-corrected chi connectivity index (χ1v) is 8.56. The fraction of sp³-hybridized carbons (Fsp3) is 0.588. The van der Waals surface area contributed by atoms with Gasteiger partial charge in [0.2, 0.25) is 0 Å². The maximum Gasteiger partial charge on any atom is 0.419 e. The van der Waals surface area contributed by atoms with Crippen LogP contribution in [0, 0.1) is 0 Å². The van der Waals surface area contributed by atoms with E-state index in [4.69, 9.17) is 4.74 Å². The highest BCUT2D eigenvalue weighted by Gasteiger charge is 2.35. The molecule has 11 heteroatoms. The Kier molecular flexibility index (Phi) is 6.25. The first kappa shape index (κ1) is 21.6. The lowest BCUT2D eigenvalue weighted by molar-refractivity contribution is -0.137. The van der Waals surface area contributed by atoms with Gasteiger partial charge in [0, 0.05) is 38.4 Å². The van der Waals surface area contributed by atoms with Crippen LogP contribution in [0.1, 0.15) is 26.3 Å². The molecule has 0 aromatic carbocycles. The number of alkyl halides is 3. The fourth-order valence-electron chi connectivity index (χ4n) is 2.55. The highest BCUT2D eigenvalue weighted by molar-refractivity contribution is 5.86. The summed E-state index contributed by atoms with van der Waals surface area (Å²) < 4.78 is 49.1. The van der Waals surface area contributed by atoms with Crippen molar-refractivity contribution in [3.05, 3.63) is 17.8 Å². The topological polar surface area (TPSA) is 84.0 Å². The van der Waals surface area contributed by atoms with E-state index in [-0.39, 0.29) is 5.82 Å². The van der Waals surface area contributed by atoms with Gasteiger partial charge in [0.15, 0.2) is 0 Å². The molecule has 0 spiro atoms. The molecule has 1 aromatic heterocycles. The van der Waals surface area contributed by atoms with E-state index >= 15 is 0 Å². The predicted molar refractivity (Wildman–Crippen MR) is 95.3 cm³/mol. The molecule has 0 atom stereocenters. The van der Waals surface area contributed by atoms with Crippen LogP contribution >= 0.6 is 0 Å². The van der Waals surface area contributed by atoms with E-state index in [0.717, 1.165) is 13.2 Å². The van der Waals surface area contributed by atoms with Gasteiger partial charge in [-0.05, 0) is 20.8 Å². The third-order valence-corrected chi connectivity index (χ3v) is 3.87. The summed E-state index contributed by atoms with van der Waals surface area (Å²) in [6, 6.07) is 1.14. The molecule has 1 aliphatic rings. The number of halogens is 3. The average Bonchev–Trinajstić information content (AvgIpc) is 2.59. The van der Waals surface area contributed by atoms with Gasteiger partial charge in [-0.2, -0.15) is 13.2 Å². The molecule has 156 valence electrons. The van der Waals surface area contributed by atoms with Gasteiger partial charge in [-0.25, -0.2) is 14.6 Å². The molecule has 28 heavy (non-hydrogen) atoms. The number of nitrogens with one attached hydrogen (secondary N) is 1. The number of rotatable bonds is 2. The van der Waals surface area contributed by atoms with Crippen molar-refractivity contribution >= 4 is 23.7 Å². The minimum absolute atomic E-state index is 0.253. The lowest BCUT2D eigenvalue weighted by Crippen LogP contribution is -2.50. The Balaban J connectivity index is 2.13. The van der Waals surface area contributed by atoms with Gasteiger partial charge in [0.25, 0.3) is 0 Å². The van der Waals surface area contributed by atoms with Crippen molar-refractivity contribution < 1.29 is 32.2 Å². The molecule has 2 amide bonds. The Hall–Kier alpha value is -2.72. The Morgan fingerprint density at radius 3 is 2.25 bits per heavy atom. The van der Waals surface area contributed by atoms with Crippen LogP contribution in [0.15, 0.2) is 12.3 Å². The first-order valence-electron chi connectivity index (χ1n) is 8.56. The molecule has 1 saturated heterocycles. The SMILES string of the molecule is COC(=O)Nc1cc(N2CCN(C(=O)OC(C)(C)C)CC2)ncc1C(F)(F)F. The number of anilines is 2. The van der Waals surface area contributed by atoms with E-state index < -0.39 is 35.2 Å². The minimum Gasteiger partial charge on any atom is -0.453 e. The second kappa shape index (κ2) is 8.11. The maximum atomic E-state index is 13.1. The largest absolute Gasteiger partial charge is 0.453 e. The number of hydrogen-bond donors (Lipinski definition) is 1. The Morgan fingerprint density at radius 2 is 1.75 bits per heavy atom. The third kappa shape index (κ3) is 5.64. The molecule has 0 bridgehead atoms. The standard InChI is InChI=1S/C17H23F3N4O4/c1-16(2,3)28-15(26)24-7-5-23(6-8-24)13-9-12(22-14(25)27-4)11(10-21-13)17(18,19)20/h9-10H,5-8H2,1-4H3,(H,21,22,25). The third-order valence-electron chi connectivity index (χ3n) is 3.87. The van der Waals surface area contributed by atoms with Crippen molar-refractivity contribution in [1.82, 2.24) is 9.88 Å². The van der Waals surface area contributed by atoms with Crippen LogP contribution in [0.25, 0.3) is 0 Å². The minimum atomic E-state index is -4.68. The van der Waals surface area contributed by atoms with E-state index in [1.807, 2.05) is 0 Å². The molecule has 0 saturated carbocycles. The number of piperazine rings is 1. The number of amides is 2. The highest BCUT2D eigenvalue weighted by Crippen LogP contribution is 2.36. The number of nitrogens with zero attached hydrogens (tertiary/aromatic N) is 3. The molecule has 2 rings (SSSR count). The van der Waals surface area contributed by atoms with Crippen LogP contribution < -0.4 is 10.2 Å². The van der Waals surface area contributed by atoms with Crippen LogP contribution in [0.4, 0.5) is 34.3 Å². The van der Waals surface area contributed by atoms with Crippen LogP contribution in [0.2, 0.25) is 0 Å². The number of methoxy groups -OCH3 is 1. The average molecular weight is 404 g/mol. The number of carbonyl (C=O) groups is 2. The van der Waals surface area contributed by atoms with Gasteiger partial charge in [-0.3, -0.25) is 5.32 Å². The van der Waals surface area contributed by atoms with Crippen LogP contribution in [0.3, 0.4) is 0 Å². The molecule has 1 aliphatic heterocycles. The lowest BCUT2D eigenvalue weighted by atomic mass is 10.2. The lowest BCUT2D eigenvalue weighted by Gasteiger charge is -2.36. The Morgan fingerprint density at radius 1 is 1.14 bits per heavy atom. The zero-order valence-corrected chi connectivity index (χ0v) is 16.1. The van der Waals surface area contributed by atoms with Gasteiger partial charge in [-0.15, -0.1) is 0 Å². The summed E-state index contributed by atoms with van der Waals surface area (Å²) in [4.78, 5) is 30.6. The molecule has 0 radical (unpaired) electrons. The summed E-state index contributed by atoms with van der Waals surface area (Å²) in [5.74, 6) is 0.253. The van der Waals surface area contributed by atoms with Crippen LogP contribution in [-0.2, 0) is 15.7 Å². The van der Waals surface area contributed by atoms with E-state index in [1.165, 1.54) is 4.90 Å². The molecule has 0 aliphatic carbocycles. The fourth-order valence-corrected chi connectivity index (χ4v) is 2.55. The summed E-state index contributed by atoms with van der Waals surface area (Å²) in [5.41, 5.74) is -2.13. The van der Waals surface area contributed by atoms with E-state index in [9.17, 15) is 22.8 Å². The first-order chi connectivity index (χ1) is 12.9. The Bertz CT molecular complexity index is 726. The number of ether oxygens (including phenoxy) is 2. The number of hydrogen-bond acceptors (Lipinski definition) is 6. The monoisotopic (exact) mass is 404 g/mol.